The van der Waals surface area contributed by atoms with Crippen LogP contribution in [0.5, 0.6) is 0 Å². The van der Waals surface area contributed by atoms with Gasteiger partial charge in [-0.2, -0.15) is 0 Å². The number of anilines is 1. The Balaban J connectivity index is 1.21. The van der Waals surface area contributed by atoms with Crippen LogP contribution in [0.3, 0.4) is 0 Å². The molecule has 7 heteroatoms. The molecule has 1 aromatic carbocycles. The molecule has 1 amide bonds. The zero-order chi connectivity index (χ0) is 22.2. The van der Waals surface area contributed by atoms with Crippen LogP contribution in [0.15, 0.2) is 35.3 Å². The van der Waals surface area contributed by atoms with Crippen molar-refractivity contribution < 1.29 is 4.79 Å². The second-order valence-corrected chi connectivity index (χ2v) is 9.32. The molecule has 2 saturated heterocycles. The number of aliphatic imine (C=N–C) groups is 1. The van der Waals surface area contributed by atoms with Gasteiger partial charge < -0.3 is 20.4 Å². The van der Waals surface area contributed by atoms with Gasteiger partial charge in [0.15, 0.2) is 5.96 Å². The smallest absolute Gasteiger partial charge is 0.225 e. The average molecular weight is 441 g/mol. The fraction of sp³-hybridized carbons (Fsp3) is 0.680. The number of benzene rings is 1. The first-order valence-electron chi connectivity index (χ1n) is 12.6. The van der Waals surface area contributed by atoms with Gasteiger partial charge in [-0.1, -0.05) is 24.6 Å². The van der Waals surface area contributed by atoms with Crippen molar-refractivity contribution >= 4 is 17.6 Å². The summed E-state index contributed by atoms with van der Waals surface area (Å²) in [5.41, 5.74) is 1.30. The largest absolute Gasteiger partial charge is 0.369 e. The summed E-state index contributed by atoms with van der Waals surface area (Å²) in [6.45, 7) is 10.5. The predicted molar refractivity (Wildman–Crippen MR) is 131 cm³/mol. The molecular weight excluding hydrogens is 400 g/mol. The van der Waals surface area contributed by atoms with Gasteiger partial charge in [0, 0.05) is 70.0 Å². The molecule has 1 unspecified atom stereocenters. The number of hydrogen-bond acceptors (Lipinski definition) is 4. The SMILES string of the molecule is CCNC(=NCCN1CCN(C(=O)C2CCC2)CC1)NC1CCCN(c2ccccc2)C1. The lowest BCUT2D eigenvalue weighted by atomic mass is 9.84. The molecule has 1 aliphatic carbocycles. The molecule has 3 aliphatic rings. The van der Waals surface area contributed by atoms with Crippen LogP contribution in [0, 0.1) is 5.92 Å². The van der Waals surface area contributed by atoms with Crippen LogP contribution in [0.2, 0.25) is 0 Å². The van der Waals surface area contributed by atoms with Crippen molar-refractivity contribution in [3.63, 3.8) is 0 Å². The zero-order valence-corrected chi connectivity index (χ0v) is 19.6. The molecular formula is C25H40N6O. The normalized spacial score (nSPS) is 23.0. The van der Waals surface area contributed by atoms with Crippen LogP contribution in [-0.2, 0) is 4.79 Å². The molecule has 0 aromatic heterocycles. The van der Waals surface area contributed by atoms with Crippen LogP contribution in [-0.4, -0.2) is 86.6 Å². The molecule has 2 N–H and O–H groups in total. The Morgan fingerprint density at radius 1 is 1.03 bits per heavy atom. The molecule has 2 heterocycles. The molecule has 1 saturated carbocycles. The number of nitrogens with one attached hydrogen (secondary N) is 2. The highest BCUT2D eigenvalue weighted by molar-refractivity contribution is 5.80. The summed E-state index contributed by atoms with van der Waals surface area (Å²) in [5.74, 6) is 1.63. The standard InChI is InChI=1S/C25H40N6O/c1-2-26-25(28-22-10-7-14-31(20-22)23-11-4-3-5-12-23)27-13-15-29-16-18-30(19-17-29)24(32)21-8-6-9-21/h3-5,11-12,21-22H,2,6-10,13-20H2,1H3,(H2,26,27,28). The van der Waals surface area contributed by atoms with E-state index in [0.29, 0.717) is 17.9 Å². The zero-order valence-electron chi connectivity index (χ0n) is 19.6. The van der Waals surface area contributed by atoms with E-state index in [9.17, 15) is 4.79 Å². The maximum atomic E-state index is 12.4. The number of guanidine groups is 1. The van der Waals surface area contributed by atoms with Crippen LogP contribution in [0.4, 0.5) is 5.69 Å². The van der Waals surface area contributed by atoms with Crippen molar-refractivity contribution in [1.29, 1.82) is 0 Å². The van der Waals surface area contributed by atoms with E-state index in [1.807, 2.05) is 0 Å². The molecule has 0 radical (unpaired) electrons. The van der Waals surface area contributed by atoms with E-state index >= 15 is 0 Å². The molecule has 0 bridgehead atoms. The fourth-order valence-corrected chi connectivity index (χ4v) is 4.89. The van der Waals surface area contributed by atoms with Crippen molar-refractivity contribution in [3.8, 4) is 0 Å². The number of nitrogens with zero attached hydrogens (tertiary/aromatic N) is 4. The lowest BCUT2D eigenvalue weighted by Crippen LogP contribution is -2.52. The predicted octanol–water partition coefficient (Wildman–Crippen LogP) is 2.15. The van der Waals surface area contributed by atoms with E-state index in [1.165, 1.54) is 24.9 Å². The molecule has 4 rings (SSSR count). The fourth-order valence-electron chi connectivity index (χ4n) is 4.89. The van der Waals surface area contributed by atoms with Crippen LogP contribution < -0.4 is 15.5 Å². The summed E-state index contributed by atoms with van der Waals surface area (Å²) in [6, 6.07) is 11.1. The minimum atomic E-state index is 0.317. The van der Waals surface area contributed by atoms with Crippen LogP contribution in [0.1, 0.15) is 39.0 Å². The van der Waals surface area contributed by atoms with Gasteiger partial charge in [-0.15, -0.1) is 0 Å². The number of hydrogen-bond donors (Lipinski definition) is 2. The molecule has 1 atom stereocenters. The Morgan fingerprint density at radius 3 is 2.50 bits per heavy atom. The highest BCUT2D eigenvalue weighted by Gasteiger charge is 2.31. The minimum absolute atomic E-state index is 0.317. The molecule has 3 fully saturated rings. The van der Waals surface area contributed by atoms with Gasteiger partial charge in [-0.3, -0.25) is 14.7 Å². The van der Waals surface area contributed by atoms with Crippen molar-refractivity contribution in [3.05, 3.63) is 30.3 Å². The monoisotopic (exact) mass is 440 g/mol. The van der Waals surface area contributed by atoms with Crippen molar-refractivity contribution in [2.24, 2.45) is 10.9 Å². The summed E-state index contributed by atoms with van der Waals surface area (Å²) in [7, 11) is 0. The quantitative estimate of drug-likeness (QED) is 0.503. The Morgan fingerprint density at radius 2 is 1.81 bits per heavy atom. The summed E-state index contributed by atoms with van der Waals surface area (Å²) >= 11 is 0. The van der Waals surface area contributed by atoms with E-state index in [1.54, 1.807) is 0 Å². The lowest BCUT2D eigenvalue weighted by Gasteiger charge is -2.38. The minimum Gasteiger partial charge on any atom is -0.369 e. The highest BCUT2D eigenvalue weighted by Crippen LogP contribution is 2.28. The third-order valence-corrected chi connectivity index (χ3v) is 7.05. The summed E-state index contributed by atoms with van der Waals surface area (Å²) < 4.78 is 0. The number of piperidine rings is 1. The number of amides is 1. The third kappa shape index (κ3) is 6.15. The molecule has 176 valence electrons. The van der Waals surface area contributed by atoms with Gasteiger partial charge in [0.05, 0.1) is 6.54 Å². The number of carbonyl (C=O) groups excluding carboxylic acids is 1. The molecule has 2 aliphatic heterocycles. The first-order valence-corrected chi connectivity index (χ1v) is 12.6. The average Bonchev–Trinajstić information content (AvgIpc) is 2.79. The van der Waals surface area contributed by atoms with Gasteiger partial charge in [-0.05, 0) is 44.7 Å². The van der Waals surface area contributed by atoms with Crippen molar-refractivity contribution in [1.82, 2.24) is 20.4 Å². The molecule has 1 aromatic rings. The number of piperazine rings is 1. The molecule has 0 spiro atoms. The van der Waals surface area contributed by atoms with Gasteiger partial charge >= 0.3 is 0 Å². The summed E-state index contributed by atoms with van der Waals surface area (Å²) in [4.78, 5) is 24.3. The van der Waals surface area contributed by atoms with Gasteiger partial charge in [0.2, 0.25) is 5.91 Å². The Bertz CT molecular complexity index is 742. The third-order valence-electron chi connectivity index (χ3n) is 7.05. The number of rotatable bonds is 7. The van der Waals surface area contributed by atoms with E-state index in [2.05, 4.69) is 62.6 Å². The Labute approximate surface area is 193 Å². The number of para-hydroxylation sites is 1. The van der Waals surface area contributed by atoms with Crippen LogP contribution in [0.25, 0.3) is 0 Å². The maximum absolute atomic E-state index is 12.4. The van der Waals surface area contributed by atoms with E-state index in [0.717, 1.165) is 77.7 Å². The Kier molecular flexibility index (Phi) is 8.26. The first-order chi connectivity index (χ1) is 15.7. The molecule has 32 heavy (non-hydrogen) atoms. The van der Waals surface area contributed by atoms with Gasteiger partial charge in [-0.25, -0.2) is 0 Å². The van der Waals surface area contributed by atoms with Crippen molar-refractivity contribution in [2.75, 3.05) is 63.8 Å². The van der Waals surface area contributed by atoms with E-state index in [-0.39, 0.29) is 0 Å². The molecule has 7 nitrogen and oxygen atoms in total. The van der Waals surface area contributed by atoms with E-state index in [4.69, 9.17) is 4.99 Å². The van der Waals surface area contributed by atoms with Gasteiger partial charge in [0.1, 0.15) is 0 Å². The topological polar surface area (TPSA) is 63.2 Å². The van der Waals surface area contributed by atoms with Crippen molar-refractivity contribution in [2.45, 2.75) is 45.1 Å². The van der Waals surface area contributed by atoms with Crippen LogP contribution >= 0.6 is 0 Å². The second kappa shape index (κ2) is 11.5. The van der Waals surface area contributed by atoms with E-state index < -0.39 is 0 Å². The lowest BCUT2D eigenvalue weighted by molar-refractivity contribution is -0.139. The number of carbonyl (C=O) groups is 1. The highest BCUT2D eigenvalue weighted by atomic mass is 16.2. The summed E-state index contributed by atoms with van der Waals surface area (Å²) in [5, 5.41) is 7.09. The second-order valence-electron chi connectivity index (χ2n) is 9.32. The Hall–Kier alpha value is -2.28. The summed E-state index contributed by atoms with van der Waals surface area (Å²) in [6.07, 6.45) is 5.78. The first kappa shape index (κ1) is 22.9. The maximum Gasteiger partial charge on any atom is 0.225 e. The van der Waals surface area contributed by atoms with Gasteiger partial charge in [0.25, 0.3) is 0 Å².